The summed E-state index contributed by atoms with van der Waals surface area (Å²) in [4.78, 5) is 38.1. The smallest absolute Gasteiger partial charge is 0.343 e. The van der Waals surface area contributed by atoms with Crippen LogP contribution >= 0.6 is 11.8 Å². The Labute approximate surface area is 182 Å². The van der Waals surface area contributed by atoms with E-state index in [1.165, 1.54) is 18.0 Å². The van der Waals surface area contributed by atoms with Crippen LogP contribution in [0.25, 0.3) is 22.5 Å². The first-order valence-corrected chi connectivity index (χ1v) is 10.6. The number of nitrogens with one attached hydrogen (secondary N) is 1. The van der Waals surface area contributed by atoms with Gasteiger partial charge in [0.1, 0.15) is 10.6 Å². The Hall–Kier alpha value is -3.72. The molecule has 0 saturated carbocycles. The number of benzene rings is 1. The second kappa shape index (κ2) is 8.97. The minimum absolute atomic E-state index is 0.227. The van der Waals surface area contributed by atoms with Gasteiger partial charge in [-0.1, -0.05) is 6.07 Å². The quantitative estimate of drug-likeness (QED) is 0.274. The van der Waals surface area contributed by atoms with Gasteiger partial charge < -0.3 is 14.5 Å². The molecule has 0 unspecified atom stereocenters. The van der Waals surface area contributed by atoms with Crippen LogP contribution in [0.2, 0.25) is 0 Å². The average molecular weight is 434 g/mol. The van der Waals surface area contributed by atoms with Crippen molar-refractivity contribution in [1.82, 2.24) is 15.0 Å². The fourth-order valence-electron chi connectivity index (χ4n) is 3.05. The van der Waals surface area contributed by atoms with E-state index >= 15 is 0 Å². The van der Waals surface area contributed by atoms with E-state index in [1.54, 1.807) is 49.7 Å². The van der Waals surface area contributed by atoms with Gasteiger partial charge in [0.25, 0.3) is 5.91 Å². The third-order valence-electron chi connectivity index (χ3n) is 4.45. The first-order valence-electron chi connectivity index (χ1n) is 9.34. The summed E-state index contributed by atoms with van der Waals surface area (Å²) in [5, 5.41) is 4.00. The molecule has 0 aliphatic rings. The van der Waals surface area contributed by atoms with Gasteiger partial charge in [0.05, 0.1) is 23.2 Å². The summed E-state index contributed by atoms with van der Waals surface area (Å²) in [6.07, 6.45) is 5.01. The van der Waals surface area contributed by atoms with Gasteiger partial charge in [-0.25, -0.2) is 14.8 Å². The Morgan fingerprint density at radius 3 is 2.77 bits per heavy atom. The van der Waals surface area contributed by atoms with Crippen LogP contribution in [0, 0.1) is 6.92 Å². The molecule has 0 aliphatic carbocycles. The predicted octanol–water partition coefficient (Wildman–Crippen LogP) is 4.11. The van der Waals surface area contributed by atoms with Crippen molar-refractivity contribution in [3.8, 4) is 11.6 Å². The Morgan fingerprint density at radius 2 is 2.00 bits per heavy atom. The molecule has 156 valence electrons. The van der Waals surface area contributed by atoms with Crippen molar-refractivity contribution in [3.05, 3.63) is 66.2 Å². The third kappa shape index (κ3) is 4.41. The number of furan rings is 1. The molecule has 4 rings (SSSR count). The molecule has 1 N–H and O–H groups in total. The van der Waals surface area contributed by atoms with Crippen molar-refractivity contribution in [1.29, 1.82) is 0 Å². The Morgan fingerprint density at radius 1 is 1.13 bits per heavy atom. The van der Waals surface area contributed by atoms with Gasteiger partial charge >= 0.3 is 5.97 Å². The third-order valence-corrected chi connectivity index (χ3v) is 5.13. The van der Waals surface area contributed by atoms with Crippen molar-refractivity contribution in [2.45, 2.75) is 11.9 Å². The SMILES string of the molecule is CSc1nc(-c2ccco2)nc(C)c1C(=O)OCC(=O)Nc1cccc2ncccc12. The molecule has 9 heteroatoms. The number of aromatic nitrogens is 3. The van der Waals surface area contributed by atoms with Gasteiger partial charge in [0.15, 0.2) is 18.2 Å². The molecule has 0 radical (unpaired) electrons. The zero-order valence-electron chi connectivity index (χ0n) is 16.8. The second-order valence-corrected chi connectivity index (χ2v) is 7.29. The van der Waals surface area contributed by atoms with E-state index in [-0.39, 0.29) is 5.56 Å². The molecule has 4 aromatic rings. The largest absolute Gasteiger partial charge is 0.461 e. The number of rotatable bonds is 6. The number of amides is 1. The Kier molecular flexibility index (Phi) is 5.94. The number of fused-ring (bicyclic) bond motifs is 1. The van der Waals surface area contributed by atoms with Gasteiger partial charge in [0.2, 0.25) is 0 Å². The Balaban J connectivity index is 1.47. The van der Waals surface area contributed by atoms with Crippen LogP contribution in [-0.4, -0.2) is 39.7 Å². The van der Waals surface area contributed by atoms with Crippen LogP contribution < -0.4 is 5.32 Å². The summed E-state index contributed by atoms with van der Waals surface area (Å²) in [5.41, 5.74) is 2.02. The summed E-state index contributed by atoms with van der Waals surface area (Å²) < 4.78 is 10.6. The van der Waals surface area contributed by atoms with Crippen molar-refractivity contribution in [2.24, 2.45) is 0 Å². The molecule has 0 fully saturated rings. The number of esters is 1. The fraction of sp³-hybridized carbons (Fsp3) is 0.136. The maximum absolute atomic E-state index is 12.7. The number of pyridine rings is 1. The number of hydrogen-bond donors (Lipinski definition) is 1. The standard InChI is InChI=1S/C22H18N4O4S/c1-13-19(21(31-2)26-20(24-13)17-9-5-11-29-17)22(28)30-12-18(27)25-16-8-3-7-15-14(16)6-4-10-23-15/h3-11H,12H2,1-2H3,(H,25,27). The first kappa shape index (κ1) is 20.5. The van der Waals surface area contributed by atoms with Gasteiger partial charge in [-0.05, 0) is 49.6 Å². The van der Waals surface area contributed by atoms with Crippen LogP contribution in [0.3, 0.4) is 0 Å². The summed E-state index contributed by atoms with van der Waals surface area (Å²) in [6, 6.07) is 12.5. The first-order chi connectivity index (χ1) is 15.1. The average Bonchev–Trinajstić information content (AvgIpc) is 3.32. The molecular formula is C22H18N4O4S. The summed E-state index contributed by atoms with van der Waals surface area (Å²) in [6.45, 7) is 1.25. The van der Waals surface area contributed by atoms with E-state index in [0.717, 1.165) is 10.9 Å². The number of hydrogen-bond acceptors (Lipinski definition) is 8. The van der Waals surface area contributed by atoms with Crippen molar-refractivity contribution in [2.75, 3.05) is 18.2 Å². The highest BCUT2D eigenvalue weighted by atomic mass is 32.2. The van der Waals surface area contributed by atoms with E-state index in [4.69, 9.17) is 9.15 Å². The molecule has 3 heterocycles. The van der Waals surface area contributed by atoms with Gasteiger partial charge in [-0.2, -0.15) is 0 Å². The van der Waals surface area contributed by atoms with E-state index in [9.17, 15) is 9.59 Å². The zero-order valence-corrected chi connectivity index (χ0v) is 17.6. The number of carbonyl (C=O) groups is 2. The Bertz CT molecular complexity index is 1250. The molecule has 0 spiro atoms. The van der Waals surface area contributed by atoms with E-state index < -0.39 is 18.5 Å². The number of anilines is 1. The maximum Gasteiger partial charge on any atom is 0.343 e. The lowest BCUT2D eigenvalue weighted by atomic mass is 10.2. The highest BCUT2D eigenvalue weighted by Crippen LogP contribution is 2.26. The molecule has 8 nitrogen and oxygen atoms in total. The number of ether oxygens (including phenoxy) is 1. The normalized spacial score (nSPS) is 10.8. The number of carbonyl (C=O) groups excluding carboxylic acids is 2. The molecular weight excluding hydrogens is 416 g/mol. The molecule has 0 saturated heterocycles. The lowest BCUT2D eigenvalue weighted by Crippen LogP contribution is -2.22. The number of aryl methyl sites for hydroxylation is 1. The van der Waals surface area contributed by atoms with Crippen molar-refractivity contribution >= 4 is 40.2 Å². The van der Waals surface area contributed by atoms with Gasteiger partial charge in [-0.3, -0.25) is 9.78 Å². The molecule has 0 atom stereocenters. The molecule has 1 amide bonds. The highest BCUT2D eigenvalue weighted by Gasteiger charge is 2.22. The minimum Gasteiger partial charge on any atom is -0.461 e. The van der Waals surface area contributed by atoms with Crippen LogP contribution in [0.1, 0.15) is 16.1 Å². The summed E-state index contributed by atoms with van der Waals surface area (Å²) >= 11 is 1.29. The zero-order chi connectivity index (χ0) is 21.8. The van der Waals surface area contributed by atoms with E-state index in [2.05, 4.69) is 20.3 Å². The number of thioether (sulfide) groups is 1. The van der Waals surface area contributed by atoms with Gasteiger partial charge in [-0.15, -0.1) is 11.8 Å². The van der Waals surface area contributed by atoms with E-state index in [0.29, 0.717) is 28.0 Å². The topological polar surface area (TPSA) is 107 Å². The van der Waals surface area contributed by atoms with Crippen LogP contribution in [0.4, 0.5) is 5.69 Å². The monoisotopic (exact) mass is 434 g/mol. The highest BCUT2D eigenvalue weighted by molar-refractivity contribution is 7.98. The molecule has 0 bridgehead atoms. The van der Waals surface area contributed by atoms with Crippen LogP contribution in [-0.2, 0) is 9.53 Å². The molecule has 3 aromatic heterocycles. The van der Waals surface area contributed by atoms with Crippen LogP contribution in [0.15, 0.2) is 64.4 Å². The lowest BCUT2D eigenvalue weighted by molar-refractivity contribution is -0.119. The fourth-order valence-corrected chi connectivity index (χ4v) is 3.66. The molecule has 1 aromatic carbocycles. The van der Waals surface area contributed by atoms with Gasteiger partial charge in [0, 0.05) is 11.6 Å². The van der Waals surface area contributed by atoms with E-state index in [1.807, 2.05) is 12.1 Å². The number of nitrogens with zero attached hydrogens (tertiary/aromatic N) is 3. The van der Waals surface area contributed by atoms with Crippen molar-refractivity contribution in [3.63, 3.8) is 0 Å². The van der Waals surface area contributed by atoms with Crippen LogP contribution in [0.5, 0.6) is 0 Å². The second-order valence-electron chi connectivity index (χ2n) is 6.49. The summed E-state index contributed by atoms with van der Waals surface area (Å²) in [7, 11) is 0. The molecule has 0 aliphatic heterocycles. The predicted molar refractivity (Wildman–Crippen MR) is 117 cm³/mol. The maximum atomic E-state index is 12.7. The minimum atomic E-state index is -0.664. The lowest BCUT2D eigenvalue weighted by Gasteiger charge is -2.12. The summed E-state index contributed by atoms with van der Waals surface area (Å²) in [5.74, 6) is -0.239. The molecule has 31 heavy (non-hydrogen) atoms. The van der Waals surface area contributed by atoms with Crippen molar-refractivity contribution < 1.29 is 18.7 Å².